The number of nitrogens with zero attached hydrogens (tertiary/aromatic N) is 3. The molecule has 5 nitrogen and oxygen atoms in total. The predicted molar refractivity (Wildman–Crippen MR) is 78.3 cm³/mol. The van der Waals surface area contributed by atoms with Crippen LogP contribution in [-0.4, -0.2) is 9.78 Å². The van der Waals surface area contributed by atoms with Crippen molar-refractivity contribution in [2.24, 2.45) is 5.73 Å². The molecule has 1 aromatic carbocycles. The van der Waals surface area contributed by atoms with E-state index >= 15 is 0 Å². The van der Waals surface area contributed by atoms with E-state index in [1.54, 1.807) is 16.8 Å². The molecule has 2 aromatic rings. The summed E-state index contributed by atoms with van der Waals surface area (Å²) in [5.74, 6) is -0.105. The molecule has 1 aromatic heterocycles. The summed E-state index contributed by atoms with van der Waals surface area (Å²) in [5, 5.41) is 13.9. The molecule has 0 fully saturated rings. The van der Waals surface area contributed by atoms with Gasteiger partial charge in [-0.15, -0.1) is 0 Å². The van der Waals surface area contributed by atoms with Crippen molar-refractivity contribution in [3.8, 4) is 11.9 Å². The van der Waals surface area contributed by atoms with Crippen LogP contribution in [0.3, 0.4) is 0 Å². The van der Waals surface area contributed by atoms with Crippen molar-refractivity contribution in [1.29, 1.82) is 5.26 Å². The number of allylic oxidation sites excluding steroid dienone is 1. The van der Waals surface area contributed by atoms with Crippen LogP contribution in [-0.2, 0) is 6.54 Å². The molecule has 22 heavy (non-hydrogen) atoms. The van der Waals surface area contributed by atoms with Crippen LogP contribution >= 0.6 is 0 Å². The van der Waals surface area contributed by atoms with Gasteiger partial charge < -0.3 is 10.5 Å². The number of hydrogen-bond donors (Lipinski definition) is 1. The van der Waals surface area contributed by atoms with Gasteiger partial charge in [0.1, 0.15) is 17.5 Å². The molecule has 0 spiro atoms. The molecule has 1 aliphatic rings. The molecular weight excluding hydrogens is 283 g/mol. The number of hydrogen-bond acceptors (Lipinski definition) is 4. The van der Waals surface area contributed by atoms with Gasteiger partial charge in [0, 0.05) is 6.54 Å². The number of benzene rings is 1. The van der Waals surface area contributed by atoms with Gasteiger partial charge in [-0.2, -0.15) is 10.4 Å². The van der Waals surface area contributed by atoms with E-state index in [-0.39, 0.29) is 11.7 Å². The summed E-state index contributed by atoms with van der Waals surface area (Å²) in [6, 6.07) is 8.16. The summed E-state index contributed by atoms with van der Waals surface area (Å²) in [7, 11) is 0. The zero-order valence-electron chi connectivity index (χ0n) is 12.3. The van der Waals surface area contributed by atoms with Crippen molar-refractivity contribution in [3.63, 3.8) is 0 Å². The van der Waals surface area contributed by atoms with E-state index in [1.807, 2.05) is 13.8 Å². The zero-order valence-corrected chi connectivity index (χ0v) is 12.3. The van der Waals surface area contributed by atoms with Crippen LogP contribution in [0.25, 0.3) is 0 Å². The Balaban J connectivity index is 2.25. The summed E-state index contributed by atoms with van der Waals surface area (Å²) in [6.45, 7) is 4.44. The van der Waals surface area contributed by atoms with Gasteiger partial charge in [-0.1, -0.05) is 12.1 Å². The molecular formula is C16H15FN4O. The Labute approximate surface area is 127 Å². The van der Waals surface area contributed by atoms with E-state index in [9.17, 15) is 9.65 Å². The van der Waals surface area contributed by atoms with Gasteiger partial charge in [0.2, 0.25) is 11.8 Å². The Morgan fingerprint density at radius 3 is 2.68 bits per heavy atom. The van der Waals surface area contributed by atoms with E-state index in [1.165, 1.54) is 12.1 Å². The topological polar surface area (TPSA) is 76.9 Å². The molecule has 0 saturated carbocycles. The molecule has 2 N–H and O–H groups in total. The van der Waals surface area contributed by atoms with Crippen LogP contribution < -0.4 is 10.5 Å². The predicted octanol–water partition coefficient (Wildman–Crippen LogP) is 2.57. The number of fused-ring (bicyclic) bond motifs is 1. The quantitative estimate of drug-likeness (QED) is 0.924. The van der Waals surface area contributed by atoms with Crippen LogP contribution in [0, 0.1) is 24.1 Å². The van der Waals surface area contributed by atoms with E-state index in [4.69, 9.17) is 10.5 Å². The number of aromatic nitrogens is 2. The number of ether oxygens (including phenoxy) is 1. The highest BCUT2D eigenvalue weighted by Gasteiger charge is 2.35. The number of aryl methyl sites for hydroxylation is 2. The Morgan fingerprint density at radius 1 is 1.41 bits per heavy atom. The number of rotatable bonds is 2. The second kappa shape index (κ2) is 5.19. The van der Waals surface area contributed by atoms with Crippen LogP contribution in [0.1, 0.15) is 29.7 Å². The first-order chi connectivity index (χ1) is 10.6. The lowest BCUT2D eigenvalue weighted by molar-refractivity contribution is 0.350. The average molecular weight is 298 g/mol. The molecule has 3 rings (SSSR count). The molecule has 1 atom stereocenters. The Hall–Kier alpha value is -2.81. The molecule has 0 bridgehead atoms. The summed E-state index contributed by atoms with van der Waals surface area (Å²) >= 11 is 0. The summed E-state index contributed by atoms with van der Waals surface area (Å²) < 4.78 is 20.5. The molecule has 0 aliphatic carbocycles. The molecule has 1 aliphatic heterocycles. The fourth-order valence-corrected chi connectivity index (χ4v) is 2.78. The molecule has 112 valence electrons. The smallest absolute Gasteiger partial charge is 0.224 e. The van der Waals surface area contributed by atoms with Crippen LogP contribution in [0.5, 0.6) is 5.88 Å². The standard InChI is InChI=1S/C16H15FN4O/c1-3-21-16-13(9(2)20-21)14(12(8-18)15(19)22-16)10-4-6-11(17)7-5-10/h4-7,14H,3,19H2,1-2H3. The van der Waals surface area contributed by atoms with Gasteiger partial charge in [-0.3, -0.25) is 0 Å². The van der Waals surface area contributed by atoms with E-state index in [0.717, 1.165) is 16.8 Å². The minimum atomic E-state index is -0.394. The maximum Gasteiger partial charge on any atom is 0.224 e. The van der Waals surface area contributed by atoms with Gasteiger partial charge in [0.25, 0.3) is 0 Å². The van der Waals surface area contributed by atoms with Crippen LogP contribution in [0.15, 0.2) is 35.7 Å². The van der Waals surface area contributed by atoms with Crippen molar-refractivity contribution in [2.75, 3.05) is 0 Å². The zero-order chi connectivity index (χ0) is 15.9. The fourth-order valence-electron chi connectivity index (χ4n) is 2.78. The lowest BCUT2D eigenvalue weighted by atomic mass is 9.84. The Kier molecular flexibility index (Phi) is 3.33. The number of nitrogens with two attached hydrogens (primary N) is 1. The van der Waals surface area contributed by atoms with E-state index in [2.05, 4.69) is 11.2 Å². The van der Waals surface area contributed by atoms with Crippen molar-refractivity contribution < 1.29 is 9.13 Å². The highest BCUT2D eigenvalue weighted by molar-refractivity contribution is 5.55. The van der Waals surface area contributed by atoms with Gasteiger partial charge in [0.05, 0.1) is 17.2 Å². The largest absolute Gasteiger partial charge is 0.422 e. The van der Waals surface area contributed by atoms with Crippen molar-refractivity contribution in [3.05, 3.63) is 58.4 Å². The summed E-state index contributed by atoms with van der Waals surface area (Å²) in [5.41, 5.74) is 8.59. The Morgan fingerprint density at radius 2 is 2.09 bits per heavy atom. The second-order valence-electron chi connectivity index (χ2n) is 5.10. The second-order valence-corrected chi connectivity index (χ2v) is 5.10. The van der Waals surface area contributed by atoms with E-state index < -0.39 is 5.92 Å². The van der Waals surface area contributed by atoms with E-state index in [0.29, 0.717) is 18.0 Å². The summed E-state index contributed by atoms with van der Waals surface area (Å²) in [6.07, 6.45) is 0. The molecule has 2 heterocycles. The minimum Gasteiger partial charge on any atom is -0.422 e. The third kappa shape index (κ3) is 2.02. The normalized spacial score (nSPS) is 16.9. The van der Waals surface area contributed by atoms with Crippen LogP contribution in [0.4, 0.5) is 4.39 Å². The monoisotopic (exact) mass is 298 g/mol. The number of halogens is 1. The first-order valence-corrected chi connectivity index (χ1v) is 6.97. The number of nitriles is 1. The lowest BCUT2D eigenvalue weighted by Gasteiger charge is -2.24. The van der Waals surface area contributed by atoms with Crippen molar-refractivity contribution in [1.82, 2.24) is 9.78 Å². The maximum absolute atomic E-state index is 13.2. The highest BCUT2D eigenvalue weighted by atomic mass is 19.1. The van der Waals surface area contributed by atoms with Crippen molar-refractivity contribution >= 4 is 0 Å². The van der Waals surface area contributed by atoms with Crippen molar-refractivity contribution in [2.45, 2.75) is 26.3 Å². The first kappa shape index (κ1) is 14.1. The molecule has 0 radical (unpaired) electrons. The highest BCUT2D eigenvalue weighted by Crippen LogP contribution is 2.43. The van der Waals surface area contributed by atoms with Gasteiger partial charge in [-0.25, -0.2) is 9.07 Å². The maximum atomic E-state index is 13.2. The third-order valence-electron chi connectivity index (χ3n) is 3.80. The lowest BCUT2D eigenvalue weighted by Crippen LogP contribution is -2.22. The molecule has 0 saturated heterocycles. The van der Waals surface area contributed by atoms with Gasteiger partial charge in [-0.05, 0) is 31.5 Å². The minimum absolute atomic E-state index is 0.0684. The van der Waals surface area contributed by atoms with Gasteiger partial charge in [0.15, 0.2) is 0 Å². The molecule has 0 amide bonds. The average Bonchev–Trinajstić information content (AvgIpc) is 2.82. The first-order valence-electron chi connectivity index (χ1n) is 6.97. The third-order valence-corrected chi connectivity index (χ3v) is 3.80. The van der Waals surface area contributed by atoms with Crippen LogP contribution in [0.2, 0.25) is 0 Å². The Bertz CT molecular complexity index is 799. The fraction of sp³-hybridized carbons (Fsp3) is 0.250. The summed E-state index contributed by atoms with van der Waals surface area (Å²) in [4.78, 5) is 0. The van der Waals surface area contributed by atoms with Gasteiger partial charge >= 0.3 is 0 Å². The molecule has 6 heteroatoms. The SMILES string of the molecule is CCn1nc(C)c2c1OC(N)=C(C#N)C2c1ccc(F)cc1. The molecule has 1 unspecified atom stereocenters.